The summed E-state index contributed by atoms with van der Waals surface area (Å²) in [5.74, 6) is 1.82. The number of thiazole rings is 1. The van der Waals surface area contributed by atoms with Crippen LogP contribution in [-0.2, 0) is 4.79 Å². The van der Waals surface area contributed by atoms with Gasteiger partial charge in [0, 0.05) is 12.5 Å². The van der Waals surface area contributed by atoms with Crippen molar-refractivity contribution in [2.24, 2.45) is 5.92 Å². The Labute approximate surface area is 182 Å². The second-order valence-corrected chi connectivity index (χ2v) is 8.45. The molecule has 0 atom stereocenters. The van der Waals surface area contributed by atoms with Crippen LogP contribution in [0.5, 0.6) is 11.5 Å². The summed E-state index contributed by atoms with van der Waals surface area (Å²) >= 11 is 1.27. The van der Waals surface area contributed by atoms with Crippen LogP contribution >= 0.6 is 11.3 Å². The Morgan fingerprint density at radius 3 is 2.39 bits per heavy atom. The molecule has 0 radical (unpaired) electrons. The summed E-state index contributed by atoms with van der Waals surface area (Å²) in [7, 11) is 0. The third-order valence-electron chi connectivity index (χ3n) is 4.32. The van der Waals surface area contributed by atoms with Crippen molar-refractivity contribution in [2.75, 3.05) is 6.61 Å². The maximum Gasteiger partial charge on any atom is 0.308 e. The van der Waals surface area contributed by atoms with Gasteiger partial charge in [-0.15, -0.1) is 5.10 Å². The molecule has 0 amide bonds. The van der Waals surface area contributed by atoms with Crippen molar-refractivity contribution in [1.82, 2.24) is 14.6 Å². The van der Waals surface area contributed by atoms with E-state index >= 15 is 0 Å². The van der Waals surface area contributed by atoms with Gasteiger partial charge >= 0.3 is 5.97 Å². The fourth-order valence-electron chi connectivity index (χ4n) is 2.87. The summed E-state index contributed by atoms with van der Waals surface area (Å²) in [5, 5.41) is 4.38. The summed E-state index contributed by atoms with van der Waals surface area (Å²) in [5.41, 5.74) is 1.41. The summed E-state index contributed by atoms with van der Waals surface area (Å²) in [6.07, 6.45) is 1.77. The standard InChI is InChI=1S/C23H21N3O4S/c1-14(2)13-29-18-10-6-17(7-11-18)21-24-23-26(25-21)22(28)20(31-23)12-16-4-8-19(9-5-16)30-15(3)27/h4-12,14H,13H2,1-3H3. The lowest BCUT2D eigenvalue weighted by atomic mass is 10.2. The number of benzene rings is 2. The number of hydrogen-bond donors (Lipinski definition) is 0. The van der Waals surface area contributed by atoms with E-state index in [-0.39, 0.29) is 11.5 Å². The summed E-state index contributed by atoms with van der Waals surface area (Å²) in [6.45, 7) is 6.20. The molecule has 2 aromatic heterocycles. The Bertz CT molecular complexity index is 1320. The lowest BCUT2D eigenvalue weighted by Crippen LogP contribution is -2.23. The second kappa shape index (κ2) is 8.69. The summed E-state index contributed by atoms with van der Waals surface area (Å²) < 4.78 is 12.6. The lowest BCUT2D eigenvalue weighted by molar-refractivity contribution is -0.131. The maximum absolute atomic E-state index is 12.7. The number of carbonyl (C=O) groups is 1. The Balaban J connectivity index is 1.57. The predicted molar refractivity (Wildman–Crippen MR) is 119 cm³/mol. The van der Waals surface area contributed by atoms with Crippen LogP contribution in [0.25, 0.3) is 22.4 Å². The smallest absolute Gasteiger partial charge is 0.308 e. The summed E-state index contributed by atoms with van der Waals surface area (Å²) in [6, 6.07) is 14.5. The molecule has 0 saturated carbocycles. The van der Waals surface area contributed by atoms with Gasteiger partial charge in [0.1, 0.15) is 11.5 Å². The van der Waals surface area contributed by atoms with Crippen LogP contribution in [0, 0.1) is 5.92 Å². The Morgan fingerprint density at radius 2 is 1.77 bits per heavy atom. The second-order valence-electron chi connectivity index (χ2n) is 7.44. The zero-order valence-corrected chi connectivity index (χ0v) is 18.2. The Morgan fingerprint density at radius 1 is 1.10 bits per heavy atom. The van der Waals surface area contributed by atoms with Gasteiger partial charge in [0.2, 0.25) is 4.96 Å². The van der Waals surface area contributed by atoms with Crippen molar-refractivity contribution >= 4 is 28.3 Å². The van der Waals surface area contributed by atoms with E-state index in [0.717, 1.165) is 16.9 Å². The number of nitrogens with zero attached hydrogens (tertiary/aromatic N) is 3. The minimum atomic E-state index is -0.377. The van der Waals surface area contributed by atoms with E-state index < -0.39 is 0 Å². The van der Waals surface area contributed by atoms with Crippen LogP contribution in [0.1, 0.15) is 26.3 Å². The number of fused-ring (bicyclic) bond motifs is 1. The molecule has 0 N–H and O–H groups in total. The van der Waals surface area contributed by atoms with Crippen molar-refractivity contribution in [2.45, 2.75) is 20.8 Å². The third kappa shape index (κ3) is 4.80. The van der Waals surface area contributed by atoms with E-state index in [9.17, 15) is 9.59 Å². The first-order valence-electron chi connectivity index (χ1n) is 9.82. The highest BCUT2D eigenvalue weighted by Crippen LogP contribution is 2.21. The van der Waals surface area contributed by atoms with Crippen molar-refractivity contribution in [1.29, 1.82) is 0 Å². The average Bonchev–Trinajstić information content (AvgIpc) is 3.27. The number of esters is 1. The number of ether oxygens (including phenoxy) is 2. The van der Waals surface area contributed by atoms with E-state index in [1.807, 2.05) is 24.3 Å². The van der Waals surface area contributed by atoms with Gasteiger partial charge in [-0.25, -0.2) is 0 Å². The Kier molecular flexibility index (Phi) is 5.81. The molecule has 0 unspecified atom stereocenters. The number of hydrogen-bond acceptors (Lipinski definition) is 7. The van der Waals surface area contributed by atoms with Gasteiger partial charge in [0.25, 0.3) is 5.56 Å². The monoisotopic (exact) mass is 435 g/mol. The minimum Gasteiger partial charge on any atom is -0.493 e. The SMILES string of the molecule is CC(=O)Oc1ccc(C=c2sc3nc(-c4ccc(OCC(C)C)cc4)nn3c2=O)cc1. The largest absolute Gasteiger partial charge is 0.493 e. The molecule has 0 spiro atoms. The van der Waals surface area contributed by atoms with Crippen LogP contribution < -0.4 is 19.6 Å². The molecular weight excluding hydrogens is 414 g/mol. The molecule has 158 valence electrons. The molecule has 2 aromatic carbocycles. The molecule has 4 rings (SSSR count). The molecule has 8 heteroatoms. The number of carbonyl (C=O) groups excluding carboxylic acids is 1. The van der Waals surface area contributed by atoms with Gasteiger partial charge in [-0.1, -0.05) is 37.3 Å². The molecule has 2 heterocycles. The summed E-state index contributed by atoms with van der Waals surface area (Å²) in [4.78, 5) is 28.8. The topological polar surface area (TPSA) is 82.8 Å². The van der Waals surface area contributed by atoms with Crippen molar-refractivity contribution < 1.29 is 14.3 Å². The van der Waals surface area contributed by atoms with Gasteiger partial charge in [-0.05, 0) is 54.0 Å². The molecule has 0 fully saturated rings. The molecule has 0 bridgehead atoms. The first-order chi connectivity index (χ1) is 14.9. The first kappa shape index (κ1) is 20.7. The van der Waals surface area contributed by atoms with Crippen LogP contribution in [0.4, 0.5) is 0 Å². The molecule has 31 heavy (non-hydrogen) atoms. The van der Waals surface area contributed by atoms with Gasteiger partial charge in [-0.3, -0.25) is 9.59 Å². The van der Waals surface area contributed by atoms with Crippen molar-refractivity contribution in [3.63, 3.8) is 0 Å². The molecule has 0 saturated heterocycles. The zero-order chi connectivity index (χ0) is 22.0. The van der Waals surface area contributed by atoms with E-state index in [0.29, 0.717) is 33.6 Å². The van der Waals surface area contributed by atoms with E-state index in [2.05, 4.69) is 23.9 Å². The van der Waals surface area contributed by atoms with Gasteiger partial charge in [0.05, 0.1) is 11.1 Å². The minimum absolute atomic E-state index is 0.223. The van der Waals surface area contributed by atoms with Crippen LogP contribution in [0.15, 0.2) is 53.3 Å². The predicted octanol–water partition coefficient (Wildman–Crippen LogP) is 3.33. The van der Waals surface area contributed by atoms with E-state index in [4.69, 9.17) is 9.47 Å². The zero-order valence-electron chi connectivity index (χ0n) is 17.4. The third-order valence-corrected chi connectivity index (χ3v) is 5.28. The van der Waals surface area contributed by atoms with Crippen molar-refractivity contribution in [3.8, 4) is 22.9 Å². The highest BCUT2D eigenvalue weighted by Gasteiger charge is 2.12. The first-order valence-corrected chi connectivity index (χ1v) is 10.6. The molecule has 0 aliphatic carbocycles. The fourth-order valence-corrected chi connectivity index (χ4v) is 3.78. The molecule has 4 aromatic rings. The maximum atomic E-state index is 12.7. The molecule has 0 aliphatic heterocycles. The highest BCUT2D eigenvalue weighted by atomic mass is 32.1. The normalized spacial score (nSPS) is 11.9. The lowest BCUT2D eigenvalue weighted by Gasteiger charge is -2.08. The average molecular weight is 436 g/mol. The van der Waals surface area contributed by atoms with Gasteiger partial charge in [-0.2, -0.15) is 9.50 Å². The quantitative estimate of drug-likeness (QED) is 0.341. The van der Waals surface area contributed by atoms with Gasteiger partial charge in [0.15, 0.2) is 5.82 Å². The number of aromatic nitrogens is 3. The van der Waals surface area contributed by atoms with Crippen LogP contribution in [0.3, 0.4) is 0 Å². The molecule has 7 nitrogen and oxygen atoms in total. The van der Waals surface area contributed by atoms with Crippen LogP contribution in [-0.4, -0.2) is 27.2 Å². The van der Waals surface area contributed by atoms with Crippen LogP contribution in [0.2, 0.25) is 0 Å². The fraction of sp³-hybridized carbons (Fsp3) is 0.217. The number of rotatable bonds is 6. The molecular formula is C23H21N3O4S. The van der Waals surface area contributed by atoms with Crippen molar-refractivity contribution in [3.05, 3.63) is 69.0 Å². The Hall–Kier alpha value is -3.52. The van der Waals surface area contributed by atoms with E-state index in [1.54, 1.807) is 30.3 Å². The molecule has 0 aliphatic rings. The van der Waals surface area contributed by atoms with Gasteiger partial charge < -0.3 is 9.47 Å². The van der Waals surface area contributed by atoms with E-state index in [1.165, 1.54) is 22.8 Å². The highest BCUT2D eigenvalue weighted by molar-refractivity contribution is 7.15.